The standard InChI is InChI=1S/C17H20N2O5S/c1-13(2)18(25(3,22)23)16-10-9-15(19(20)21)11-17(16)24-12-14-7-5-4-6-8-14/h4-11,13H,12H2,1-3H3. The molecular formula is C17H20N2O5S. The molecule has 0 radical (unpaired) electrons. The first-order valence-corrected chi connectivity index (χ1v) is 9.49. The molecule has 0 aliphatic heterocycles. The highest BCUT2D eigenvalue weighted by molar-refractivity contribution is 7.92. The lowest BCUT2D eigenvalue weighted by molar-refractivity contribution is -0.384. The van der Waals surface area contributed by atoms with Crippen LogP contribution >= 0.6 is 0 Å². The molecular weight excluding hydrogens is 344 g/mol. The maximum atomic E-state index is 12.2. The second-order valence-electron chi connectivity index (χ2n) is 5.84. The Labute approximate surface area is 147 Å². The number of ether oxygens (including phenoxy) is 1. The summed E-state index contributed by atoms with van der Waals surface area (Å²) in [7, 11) is -3.57. The first-order chi connectivity index (χ1) is 11.7. The van der Waals surface area contributed by atoms with E-state index in [0.29, 0.717) is 0 Å². The number of benzene rings is 2. The first kappa shape index (κ1) is 18.7. The zero-order valence-electron chi connectivity index (χ0n) is 14.2. The number of rotatable bonds is 7. The highest BCUT2D eigenvalue weighted by atomic mass is 32.2. The van der Waals surface area contributed by atoms with Gasteiger partial charge in [-0.1, -0.05) is 30.3 Å². The molecule has 0 aromatic heterocycles. The molecule has 0 aliphatic carbocycles. The van der Waals surface area contributed by atoms with Crippen LogP contribution in [-0.2, 0) is 16.6 Å². The highest BCUT2D eigenvalue weighted by Crippen LogP contribution is 2.35. The van der Waals surface area contributed by atoms with Gasteiger partial charge in [-0.05, 0) is 25.5 Å². The minimum atomic E-state index is -3.57. The van der Waals surface area contributed by atoms with E-state index in [0.717, 1.165) is 11.8 Å². The number of non-ortho nitro benzene ring substituents is 1. The van der Waals surface area contributed by atoms with E-state index in [-0.39, 0.29) is 29.8 Å². The molecule has 2 rings (SSSR count). The molecule has 0 spiro atoms. The number of nitrogens with zero attached hydrogens (tertiary/aromatic N) is 2. The van der Waals surface area contributed by atoms with Crippen LogP contribution in [0.15, 0.2) is 48.5 Å². The molecule has 0 fully saturated rings. The van der Waals surface area contributed by atoms with E-state index < -0.39 is 14.9 Å². The maximum absolute atomic E-state index is 12.2. The van der Waals surface area contributed by atoms with Crippen LogP contribution in [0.4, 0.5) is 11.4 Å². The molecule has 134 valence electrons. The van der Waals surface area contributed by atoms with E-state index in [9.17, 15) is 18.5 Å². The summed E-state index contributed by atoms with van der Waals surface area (Å²) in [6, 6.07) is 12.8. The zero-order chi connectivity index (χ0) is 18.6. The number of hydrogen-bond donors (Lipinski definition) is 0. The molecule has 0 atom stereocenters. The largest absolute Gasteiger partial charge is 0.486 e. The molecule has 0 saturated heterocycles. The van der Waals surface area contributed by atoms with Crippen molar-refractivity contribution in [3.63, 3.8) is 0 Å². The van der Waals surface area contributed by atoms with Gasteiger partial charge in [0.2, 0.25) is 10.0 Å². The van der Waals surface area contributed by atoms with Crippen LogP contribution in [0, 0.1) is 10.1 Å². The Morgan fingerprint density at radius 3 is 2.32 bits per heavy atom. The third-order valence-electron chi connectivity index (χ3n) is 3.46. The molecule has 0 N–H and O–H groups in total. The van der Waals surface area contributed by atoms with E-state index in [2.05, 4.69) is 0 Å². The molecule has 0 unspecified atom stereocenters. The molecule has 25 heavy (non-hydrogen) atoms. The maximum Gasteiger partial charge on any atom is 0.273 e. The van der Waals surface area contributed by atoms with Gasteiger partial charge >= 0.3 is 0 Å². The summed E-state index contributed by atoms with van der Waals surface area (Å²) in [5.41, 5.74) is 0.985. The highest BCUT2D eigenvalue weighted by Gasteiger charge is 2.25. The Morgan fingerprint density at radius 2 is 1.80 bits per heavy atom. The third-order valence-corrected chi connectivity index (χ3v) is 4.79. The summed E-state index contributed by atoms with van der Waals surface area (Å²) in [4.78, 5) is 10.5. The Kier molecular flexibility index (Phi) is 5.63. The van der Waals surface area contributed by atoms with Gasteiger partial charge in [0.15, 0.2) is 5.75 Å². The molecule has 0 bridgehead atoms. The SMILES string of the molecule is CC(C)N(c1ccc([N+](=O)[O-])cc1OCc1ccccc1)S(C)(=O)=O. The minimum Gasteiger partial charge on any atom is -0.486 e. The number of nitro benzene ring substituents is 1. The van der Waals surface area contributed by atoms with Gasteiger partial charge < -0.3 is 4.74 Å². The van der Waals surface area contributed by atoms with Crippen LogP contribution in [0.3, 0.4) is 0 Å². The Hall–Kier alpha value is -2.61. The van der Waals surface area contributed by atoms with Crippen LogP contribution < -0.4 is 9.04 Å². The predicted molar refractivity (Wildman–Crippen MR) is 96.3 cm³/mol. The lowest BCUT2D eigenvalue weighted by Gasteiger charge is -2.28. The molecule has 7 nitrogen and oxygen atoms in total. The second kappa shape index (κ2) is 7.52. The van der Waals surface area contributed by atoms with Gasteiger partial charge in [0.1, 0.15) is 6.61 Å². The smallest absolute Gasteiger partial charge is 0.273 e. The monoisotopic (exact) mass is 364 g/mol. The number of hydrogen-bond acceptors (Lipinski definition) is 5. The fourth-order valence-corrected chi connectivity index (χ4v) is 3.76. The summed E-state index contributed by atoms with van der Waals surface area (Å²) < 4.78 is 31.2. The number of sulfonamides is 1. The third kappa shape index (κ3) is 4.69. The summed E-state index contributed by atoms with van der Waals surface area (Å²) in [6.45, 7) is 3.62. The van der Waals surface area contributed by atoms with Crippen molar-refractivity contribution in [2.45, 2.75) is 26.5 Å². The predicted octanol–water partition coefficient (Wildman–Crippen LogP) is 3.35. The first-order valence-electron chi connectivity index (χ1n) is 7.64. The number of anilines is 1. The Balaban J connectivity index is 2.46. The fourth-order valence-electron chi connectivity index (χ4n) is 2.49. The van der Waals surface area contributed by atoms with Gasteiger partial charge in [-0.25, -0.2) is 8.42 Å². The van der Waals surface area contributed by atoms with Crippen molar-refractivity contribution < 1.29 is 18.1 Å². The summed E-state index contributed by atoms with van der Waals surface area (Å²) in [6.07, 6.45) is 1.09. The van der Waals surface area contributed by atoms with E-state index in [1.54, 1.807) is 13.8 Å². The molecule has 2 aromatic rings. The van der Waals surface area contributed by atoms with Crippen LogP contribution in [0.5, 0.6) is 5.75 Å². The summed E-state index contributed by atoms with van der Waals surface area (Å²) >= 11 is 0. The summed E-state index contributed by atoms with van der Waals surface area (Å²) in [5.74, 6) is 0.150. The van der Waals surface area contributed by atoms with Gasteiger partial charge in [0.05, 0.1) is 22.9 Å². The van der Waals surface area contributed by atoms with Crippen molar-refractivity contribution in [1.82, 2.24) is 0 Å². The Morgan fingerprint density at radius 1 is 1.16 bits per heavy atom. The van der Waals surface area contributed by atoms with E-state index in [4.69, 9.17) is 4.74 Å². The van der Waals surface area contributed by atoms with Crippen LogP contribution in [-0.4, -0.2) is 25.6 Å². The van der Waals surface area contributed by atoms with Crippen molar-refractivity contribution in [3.05, 3.63) is 64.2 Å². The zero-order valence-corrected chi connectivity index (χ0v) is 15.1. The molecule has 2 aromatic carbocycles. The van der Waals surface area contributed by atoms with E-state index in [1.807, 2.05) is 30.3 Å². The Bertz CT molecular complexity index is 851. The molecule has 0 amide bonds. The van der Waals surface area contributed by atoms with Crippen LogP contribution in [0.2, 0.25) is 0 Å². The lowest BCUT2D eigenvalue weighted by Crippen LogP contribution is -2.36. The second-order valence-corrected chi connectivity index (χ2v) is 7.70. The molecule has 0 aliphatic rings. The van der Waals surface area contributed by atoms with Gasteiger partial charge in [0.25, 0.3) is 5.69 Å². The van der Waals surface area contributed by atoms with Gasteiger partial charge in [0, 0.05) is 12.1 Å². The average molecular weight is 364 g/mol. The van der Waals surface area contributed by atoms with Crippen molar-refractivity contribution in [3.8, 4) is 5.75 Å². The normalized spacial score (nSPS) is 11.4. The quantitative estimate of drug-likeness (QED) is 0.555. The van der Waals surface area contributed by atoms with Crippen molar-refractivity contribution >= 4 is 21.4 Å². The molecule has 0 saturated carbocycles. The van der Waals surface area contributed by atoms with Crippen LogP contribution in [0.25, 0.3) is 0 Å². The minimum absolute atomic E-state index is 0.150. The van der Waals surface area contributed by atoms with Crippen molar-refractivity contribution in [2.75, 3.05) is 10.6 Å². The van der Waals surface area contributed by atoms with E-state index in [1.165, 1.54) is 22.5 Å². The topological polar surface area (TPSA) is 89.8 Å². The summed E-state index contributed by atoms with van der Waals surface area (Å²) in [5, 5.41) is 11.1. The average Bonchev–Trinajstić information content (AvgIpc) is 2.53. The van der Waals surface area contributed by atoms with E-state index >= 15 is 0 Å². The molecule has 8 heteroatoms. The number of nitro groups is 1. The van der Waals surface area contributed by atoms with Crippen molar-refractivity contribution in [1.29, 1.82) is 0 Å². The van der Waals surface area contributed by atoms with Gasteiger partial charge in [-0.15, -0.1) is 0 Å². The molecule has 0 heterocycles. The van der Waals surface area contributed by atoms with Gasteiger partial charge in [-0.3, -0.25) is 14.4 Å². The van der Waals surface area contributed by atoms with Crippen LogP contribution in [0.1, 0.15) is 19.4 Å². The fraction of sp³-hybridized carbons (Fsp3) is 0.294. The van der Waals surface area contributed by atoms with Gasteiger partial charge in [-0.2, -0.15) is 0 Å². The lowest BCUT2D eigenvalue weighted by atomic mass is 10.2. The van der Waals surface area contributed by atoms with Crippen molar-refractivity contribution in [2.24, 2.45) is 0 Å².